The number of thiophene rings is 1. The minimum absolute atomic E-state index is 0.0567. The molecule has 0 radical (unpaired) electrons. The molecule has 20 heavy (non-hydrogen) atoms. The van der Waals surface area contributed by atoms with E-state index in [0.717, 1.165) is 14.9 Å². The van der Waals surface area contributed by atoms with Gasteiger partial charge in [-0.2, -0.15) is 8.78 Å². The third-order valence-electron chi connectivity index (χ3n) is 2.94. The molecule has 1 unspecified atom stereocenters. The first-order chi connectivity index (χ1) is 9.51. The number of halogens is 3. The van der Waals surface area contributed by atoms with Crippen LogP contribution >= 0.6 is 27.3 Å². The van der Waals surface area contributed by atoms with E-state index in [0.29, 0.717) is 0 Å². The highest BCUT2D eigenvalue weighted by molar-refractivity contribution is 9.11. The quantitative estimate of drug-likeness (QED) is 0.830. The van der Waals surface area contributed by atoms with Crippen LogP contribution in [0.5, 0.6) is 5.75 Å². The first-order valence-electron chi connectivity index (χ1n) is 5.99. The van der Waals surface area contributed by atoms with Crippen LogP contribution in [0.2, 0.25) is 0 Å². The van der Waals surface area contributed by atoms with Crippen LogP contribution in [0.1, 0.15) is 22.0 Å². The molecule has 1 heterocycles. The van der Waals surface area contributed by atoms with Crippen molar-refractivity contribution in [2.75, 3.05) is 7.05 Å². The number of hydrogen-bond donors (Lipinski definition) is 1. The van der Waals surface area contributed by atoms with E-state index in [2.05, 4.69) is 26.0 Å². The summed E-state index contributed by atoms with van der Waals surface area (Å²) in [6.07, 6.45) is 0. The lowest BCUT2D eigenvalue weighted by atomic mass is 9.99. The van der Waals surface area contributed by atoms with E-state index < -0.39 is 6.61 Å². The molecule has 0 aliphatic rings. The lowest BCUT2D eigenvalue weighted by Gasteiger charge is -2.17. The van der Waals surface area contributed by atoms with Gasteiger partial charge < -0.3 is 10.1 Å². The van der Waals surface area contributed by atoms with Gasteiger partial charge in [-0.05, 0) is 59.2 Å². The maximum absolute atomic E-state index is 12.3. The molecule has 0 saturated heterocycles. The van der Waals surface area contributed by atoms with Gasteiger partial charge in [0, 0.05) is 4.88 Å². The molecule has 6 heteroatoms. The van der Waals surface area contributed by atoms with E-state index >= 15 is 0 Å². The van der Waals surface area contributed by atoms with Crippen LogP contribution in [0.15, 0.2) is 34.1 Å². The van der Waals surface area contributed by atoms with Gasteiger partial charge in [-0.25, -0.2) is 0 Å². The predicted octanol–water partition coefficient (Wildman–Crippen LogP) is 4.73. The SMILES string of the molecule is CNC(c1cccc(OC(F)F)c1)c1cc(Br)sc1C. The summed E-state index contributed by atoms with van der Waals surface area (Å²) in [4.78, 5) is 1.18. The third-order valence-corrected chi connectivity index (χ3v) is 4.51. The molecule has 0 fully saturated rings. The fourth-order valence-electron chi connectivity index (χ4n) is 2.12. The molecule has 0 saturated carbocycles. The highest BCUT2D eigenvalue weighted by Gasteiger charge is 2.17. The van der Waals surface area contributed by atoms with Crippen LogP contribution in [0.3, 0.4) is 0 Å². The zero-order chi connectivity index (χ0) is 14.7. The molecule has 1 atom stereocenters. The van der Waals surface area contributed by atoms with Crippen molar-refractivity contribution in [1.29, 1.82) is 0 Å². The largest absolute Gasteiger partial charge is 0.435 e. The van der Waals surface area contributed by atoms with Gasteiger partial charge in [-0.1, -0.05) is 12.1 Å². The van der Waals surface area contributed by atoms with Gasteiger partial charge in [0.25, 0.3) is 0 Å². The van der Waals surface area contributed by atoms with Gasteiger partial charge in [0.2, 0.25) is 0 Å². The van der Waals surface area contributed by atoms with Gasteiger partial charge in [-0.3, -0.25) is 0 Å². The van der Waals surface area contributed by atoms with E-state index in [1.54, 1.807) is 23.5 Å². The molecule has 1 N–H and O–H groups in total. The van der Waals surface area contributed by atoms with Crippen LogP contribution < -0.4 is 10.1 Å². The van der Waals surface area contributed by atoms with E-state index in [9.17, 15) is 8.78 Å². The summed E-state index contributed by atoms with van der Waals surface area (Å²) in [6, 6.07) is 8.76. The second-order valence-corrected chi connectivity index (χ2v) is 6.87. The Balaban J connectivity index is 2.34. The Bertz CT molecular complexity index is 588. The Morgan fingerprint density at radius 3 is 2.60 bits per heavy atom. The van der Waals surface area contributed by atoms with Crippen molar-refractivity contribution in [3.05, 3.63) is 50.1 Å². The Kier molecular flexibility index (Phi) is 5.12. The van der Waals surface area contributed by atoms with Crippen LogP contribution in [-0.4, -0.2) is 13.7 Å². The molecule has 1 aromatic carbocycles. The van der Waals surface area contributed by atoms with E-state index in [1.165, 1.54) is 10.9 Å². The number of nitrogens with one attached hydrogen (secondary N) is 1. The number of ether oxygens (including phenoxy) is 1. The van der Waals surface area contributed by atoms with Crippen molar-refractivity contribution in [3.8, 4) is 5.75 Å². The maximum Gasteiger partial charge on any atom is 0.387 e. The minimum atomic E-state index is -2.81. The fourth-order valence-corrected chi connectivity index (χ4v) is 3.87. The average molecular weight is 362 g/mol. The number of benzene rings is 1. The summed E-state index contributed by atoms with van der Waals surface area (Å²) in [5, 5.41) is 3.21. The third kappa shape index (κ3) is 3.56. The smallest absolute Gasteiger partial charge is 0.387 e. The lowest BCUT2D eigenvalue weighted by Crippen LogP contribution is -2.18. The first-order valence-corrected chi connectivity index (χ1v) is 7.60. The Labute approximate surface area is 128 Å². The molecule has 2 nitrogen and oxygen atoms in total. The fraction of sp³-hybridized carbons (Fsp3) is 0.286. The second-order valence-electron chi connectivity index (χ2n) is 4.23. The van der Waals surface area contributed by atoms with Gasteiger partial charge in [-0.15, -0.1) is 11.3 Å². The van der Waals surface area contributed by atoms with Crippen molar-refractivity contribution in [2.45, 2.75) is 19.6 Å². The summed E-state index contributed by atoms with van der Waals surface area (Å²) >= 11 is 5.11. The molecule has 0 amide bonds. The monoisotopic (exact) mass is 361 g/mol. The Morgan fingerprint density at radius 2 is 2.05 bits per heavy atom. The number of hydrogen-bond acceptors (Lipinski definition) is 3. The summed E-state index contributed by atoms with van der Waals surface area (Å²) in [7, 11) is 1.84. The first kappa shape index (κ1) is 15.4. The van der Waals surface area contributed by atoms with E-state index in [4.69, 9.17) is 0 Å². The van der Waals surface area contributed by atoms with Gasteiger partial charge >= 0.3 is 6.61 Å². The summed E-state index contributed by atoms with van der Waals surface area (Å²) in [5.74, 6) is 0.171. The Morgan fingerprint density at radius 1 is 1.30 bits per heavy atom. The minimum Gasteiger partial charge on any atom is -0.435 e. The molecule has 0 bridgehead atoms. The van der Waals surface area contributed by atoms with Crippen LogP contribution in [0.4, 0.5) is 8.78 Å². The van der Waals surface area contributed by atoms with Crippen LogP contribution in [0.25, 0.3) is 0 Å². The van der Waals surface area contributed by atoms with Gasteiger partial charge in [0.05, 0.1) is 9.83 Å². The summed E-state index contributed by atoms with van der Waals surface area (Å²) < 4.78 is 30.1. The summed E-state index contributed by atoms with van der Waals surface area (Å²) in [6.45, 7) is -0.774. The van der Waals surface area contributed by atoms with Crippen molar-refractivity contribution >= 4 is 27.3 Å². The summed E-state index contributed by atoms with van der Waals surface area (Å²) in [5.41, 5.74) is 2.01. The topological polar surface area (TPSA) is 21.3 Å². The number of alkyl halides is 2. The van der Waals surface area contributed by atoms with Crippen LogP contribution in [-0.2, 0) is 0 Å². The molecule has 1 aromatic heterocycles. The van der Waals surface area contributed by atoms with Crippen LogP contribution in [0, 0.1) is 6.92 Å². The lowest BCUT2D eigenvalue weighted by molar-refractivity contribution is -0.0498. The molecule has 0 aliphatic heterocycles. The van der Waals surface area contributed by atoms with E-state index in [-0.39, 0.29) is 11.8 Å². The number of rotatable bonds is 5. The standard InChI is InChI=1S/C14H14BrF2NOS/c1-8-11(7-12(15)20-8)13(18-2)9-4-3-5-10(6-9)19-14(16)17/h3-7,13-14,18H,1-2H3. The Hall–Kier alpha value is -0.980. The molecular formula is C14H14BrF2NOS. The maximum atomic E-state index is 12.3. The van der Waals surface area contributed by atoms with Crippen molar-refractivity contribution < 1.29 is 13.5 Å². The van der Waals surface area contributed by atoms with Crippen molar-refractivity contribution in [1.82, 2.24) is 5.32 Å². The number of aryl methyl sites for hydroxylation is 1. The zero-order valence-corrected chi connectivity index (χ0v) is 13.4. The molecule has 2 rings (SSSR count). The predicted molar refractivity (Wildman–Crippen MR) is 80.7 cm³/mol. The van der Waals surface area contributed by atoms with Gasteiger partial charge in [0.15, 0.2) is 0 Å². The molecular weight excluding hydrogens is 348 g/mol. The average Bonchev–Trinajstić information content (AvgIpc) is 2.69. The highest BCUT2D eigenvalue weighted by Crippen LogP contribution is 2.34. The van der Waals surface area contributed by atoms with Crippen molar-refractivity contribution in [2.24, 2.45) is 0 Å². The van der Waals surface area contributed by atoms with Crippen molar-refractivity contribution in [3.63, 3.8) is 0 Å². The van der Waals surface area contributed by atoms with Gasteiger partial charge in [0.1, 0.15) is 5.75 Å². The molecule has 0 aliphatic carbocycles. The molecule has 108 valence electrons. The second kappa shape index (κ2) is 6.65. The zero-order valence-electron chi connectivity index (χ0n) is 11.0. The highest BCUT2D eigenvalue weighted by atomic mass is 79.9. The van der Waals surface area contributed by atoms with E-state index in [1.807, 2.05) is 26.1 Å². The normalized spacial score (nSPS) is 12.7. The molecule has 2 aromatic rings. The molecule has 0 spiro atoms.